The molecular weight excluding hydrogens is 242 g/mol. The largest absolute Gasteiger partial charge is 0.330 e. The maximum absolute atomic E-state index is 12.4. The first-order valence-corrected chi connectivity index (χ1v) is 6.28. The molecule has 0 bridgehead atoms. The van der Waals surface area contributed by atoms with Crippen molar-refractivity contribution in [2.24, 2.45) is 5.73 Å². The Hall–Kier alpha value is -2.21. The molecule has 3 rings (SSSR count). The number of carbonyl (C=O) groups is 1. The fourth-order valence-electron chi connectivity index (χ4n) is 2.58. The maximum atomic E-state index is 12.4. The average molecular weight is 257 g/mol. The van der Waals surface area contributed by atoms with Gasteiger partial charge in [0.1, 0.15) is 0 Å². The molecular formula is C13H15N5O. The zero-order valence-corrected chi connectivity index (χ0v) is 10.4. The van der Waals surface area contributed by atoms with E-state index in [9.17, 15) is 4.79 Å². The molecule has 3 N–H and O–H groups in total. The molecule has 1 aromatic heterocycles. The Bertz CT molecular complexity index is 580. The van der Waals surface area contributed by atoms with Crippen LogP contribution in [0.2, 0.25) is 0 Å². The standard InChI is InChI=1S/C13H15N5O/c14-6-5-9-8-18(12-4-2-1-3-10(9)12)13(19)11-7-15-17-16-11/h1-4,7,9H,5-6,8,14H2,(H,15,16,17). The van der Waals surface area contributed by atoms with Gasteiger partial charge in [-0.2, -0.15) is 15.4 Å². The molecule has 1 aromatic carbocycles. The van der Waals surface area contributed by atoms with Crippen LogP contribution in [0.15, 0.2) is 30.5 Å². The molecule has 6 heteroatoms. The van der Waals surface area contributed by atoms with E-state index in [1.54, 1.807) is 4.90 Å². The lowest BCUT2D eigenvalue weighted by Gasteiger charge is -2.16. The van der Waals surface area contributed by atoms with Crippen LogP contribution in [0.25, 0.3) is 0 Å². The van der Waals surface area contributed by atoms with Gasteiger partial charge in [0, 0.05) is 18.2 Å². The molecule has 1 amide bonds. The number of H-pyrrole nitrogens is 1. The summed E-state index contributed by atoms with van der Waals surface area (Å²) in [6.07, 6.45) is 2.32. The van der Waals surface area contributed by atoms with Crippen LogP contribution >= 0.6 is 0 Å². The summed E-state index contributed by atoms with van der Waals surface area (Å²) in [4.78, 5) is 14.2. The van der Waals surface area contributed by atoms with Crippen molar-refractivity contribution in [2.45, 2.75) is 12.3 Å². The molecule has 1 aliphatic rings. The van der Waals surface area contributed by atoms with Crippen molar-refractivity contribution in [1.29, 1.82) is 0 Å². The molecule has 2 aromatic rings. The van der Waals surface area contributed by atoms with Crippen LogP contribution in [0.3, 0.4) is 0 Å². The molecule has 1 atom stereocenters. The van der Waals surface area contributed by atoms with E-state index >= 15 is 0 Å². The summed E-state index contributed by atoms with van der Waals surface area (Å²) >= 11 is 0. The summed E-state index contributed by atoms with van der Waals surface area (Å²) in [7, 11) is 0. The molecule has 1 unspecified atom stereocenters. The van der Waals surface area contributed by atoms with Crippen molar-refractivity contribution in [2.75, 3.05) is 18.0 Å². The van der Waals surface area contributed by atoms with E-state index in [4.69, 9.17) is 5.73 Å². The Morgan fingerprint density at radius 1 is 1.47 bits per heavy atom. The summed E-state index contributed by atoms with van der Waals surface area (Å²) < 4.78 is 0. The van der Waals surface area contributed by atoms with Crippen LogP contribution in [0, 0.1) is 0 Å². The van der Waals surface area contributed by atoms with Crippen LogP contribution in [0.5, 0.6) is 0 Å². The molecule has 2 heterocycles. The quantitative estimate of drug-likeness (QED) is 0.855. The molecule has 1 aliphatic heterocycles. The van der Waals surface area contributed by atoms with E-state index in [1.165, 1.54) is 11.8 Å². The van der Waals surface area contributed by atoms with Crippen molar-refractivity contribution >= 4 is 11.6 Å². The Kier molecular flexibility index (Phi) is 3.00. The van der Waals surface area contributed by atoms with Crippen LogP contribution in [0.1, 0.15) is 28.4 Å². The number of aromatic nitrogens is 3. The first-order valence-electron chi connectivity index (χ1n) is 6.28. The Labute approximate surface area is 110 Å². The van der Waals surface area contributed by atoms with Crippen molar-refractivity contribution in [3.8, 4) is 0 Å². The highest BCUT2D eigenvalue weighted by Gasteiger charge is 2.32. The van der Waals surface area contributed by atoms with Crippen LogP contribution in [-0.4, -0.2) is 34.4 Å². The van der Waals surface area contributed by atoms with Gasteiger partial charge in [-0.1, -0.05) is 18.2 Å². The number of anilines is 1. The van der Waals surface area contributed by atoms with Crippen LogP contribution in [-0.2, 0) is 0 Å². The predicted octanol–water partition coefficient (Wildman–Crippen LogP) is 0.897. The summed E-state index contributed by atoms with van der Waals surface area (Å²) in [6, 6.07) is 7.95. The highest BCUT2D eigenvalue weighted by molar-refractivity contribution is 6.06. The minimum atomic E-state index is -0.124. The van der Waals surface area contributed by atoms with E-state index in [-0.39, 0.29) is 5.91 Å². The van der Waals surface area contributed by atoms with E-state index < -0.39 is 0 Å². The van der Waals surface area contributed by atoms with Gasteiger partial charge in [-0.3, -0.25) is 4.79 Å². The number of nitrogens with two attached hydrogens (primary N) is 1. The highest BCUT2D eigenvalue weighted by Crippen LogP contribution is 2.38. The van der Waals surface area contributed by atoms with Crippen LogP contribution < -0.4 is 10.6 Å². The fourth-order valence-corrected chi connectivity index (χ4v) is 2.58. The van der Waals surface area contributed by atoms with E-state index in [0.29, 0.717) is 24.7 Å². The number of hydrogen-bond donors (Lipinski definition) is 2. The third kappa shape index (κ3) is 2.00. The second-order valence-corrected chi connectivity index (χ2v) is 4.60. The molecule has 0 radical (unpaired) electrons. The molecule has 6 nitrogen and oxygen atoms in total. The second-order valence-electron chi connectivity index (χ2n) is 4.60. The zero-order valence-electron chi connectivity index (χ0n) is 10.4. The number of nitrogens with zero attached hydrogens (tertiary/aromatic N) is 3. The smallest absolute Gasteiger partial charge is 0.280 e. The normalized spacial score (nSPS) is 17.5. The predicted molar refractivity (Wildman–Crippen MR) is 70.9 cm³/mol. The number of para-hydroxylation sites is 1. The maximum Gasteiger partial charge on any atom is 0.280 e. The van der Waals surface area contributed by atoms with Crippen molar-refractivity contribution in [3.63, 3.8) is 0 Å². The van der Waals surface area contributed by atoms with Gasteiger partial charge in [0.05, 0.1) is 6.20 Å². The first-order chi connectivity index (χ1) is 9.31. The minimum absolute atomic E-state index is 0.124. The van der Waals surface area contributed by atoms with E-state index in [2.05, 4.69) is 21.5 Å². The minimum Gasteiger partial charge on any atom is -0.330 e. The SMILES string of the molecule is NCCC1CN(C(=O)c2cn[nH]n2)c2ccccc21. The number of aromatic amines is 1. The second kappa shape index (κ2) is 4.81. The highest BCUT2D eigenvalue weighted by atomic mass is 16.2. The zero-order chi connectivity index (χ0) is 13.2. The molecule has 0 spiro atoms. The van der Waals surface area contributed by atoms with Gasteiger partial charge >= 0.3 is 0 Å². The number of nitrogens with one attached hydrogen (secondary N) is 1. The van der Waals surface area contributed by atoms with E-state index in [0.717, 1.165) is 12.1 Å². The Morgan fingerprint density at radius 3 is 3.05 bits per heavy atom. The number of carbonyl (C=O) groups excluding carboxylic acids is 1. The molecule has 98 valence electrons. The molecule has 19 heavy (non-hydrogen) atoms. The van der Waals surface area contributed by atoms with Gasteiger partial charge in [0.15, 0.2) is 5.69 Å². The van der Waals surface area contributed by atoms with Gasteiger partial charge in [0.2, 0.25) is 0 Å². The van der Waals surface area contributed by atoms with Gasteiger partial charge in [-0.05, 0) is 24.6 Å². The summed E-state index contributed by atoms with van der Waals surface area (Å²) in [5, 5.41) is 10.0. The summed E-state index contributed by atoms with van der Waals surface area (Å²) in [6.45, 7) is 1.27. The lowest BCUT2D eigenvalue weighted by Crippen LogP contribution is -2.30. The van der Waals surface area contributed by atoms with E-state index in [1.807, 2.05) is 18.2 Å². The molecule has 0 aliphatic carbocycles. The topological polar surface area (TPSA) is 87.9 Å². The third-order valence-corrected chi connectivity index (χ3v) is 3.46. The molecule has 0 saturated heterocycles. The fraction of sp³-hybridized carbons (Fsp3) is 0.308. The summed E-state index contributed by atoms with van der Waals surface area (Å²) in [5.74, 6) is 0.178. The number of benzene rings is 1. The number of hydrogen-bond acceptors (Lipinski definition) is 4. The number of rotatable bonds is 3. The van der Waals surface area contributed by atoms with Crippen LogP contribution in [0.4, 0.5) is 5.69 Å². The van der Waals surface area contributed by atoms with Gasteiger partial charge in [-0.15, -0.1) is 0 Å². The van der Waals surface area contributed by atoms with Gasteiger partial charge in [-0.25, -0.2) is 0 Å². The first kappa shape index (κ1) is 11.9. The Balaban J connectivity index is 1.94. The Morgan fingerprint density at radius 2 is 2.32 bits per heavy atom. The molecule has 0 fully saturated rings. The number of fused-ring (bicyclic) bond motifs is 1. The molecule has 0 saturated carbocycles. The lowest BCUT2D eigenvalue weighted by molar-refractivity contribution is 0.0983. The summed E-state index contributed by atoms with van der Waals surface area (Å²) in [5.41, 5.74) is 8.12. The number of amides is 1. The van der Waals surface area contributed by atoms with Crippen molar-refractivity contribution in [1.82, 2.24) is 15.4 Å². The van der Waals surface area contributed by atoms with Crippen molar-refractivity contribution < 1.29 is 4.79 Å². The van der Waals surface area contributed by atoms with Gasteiger partial charge in [0.25, 0.3) is 5.91 Å². The monoisotopic (exact) mass is 257 g/mol. The average Bonchev–Trinajstić information content (AvgIpc) is 3.07. The third-order valence-electron chi connectivity index (χ3n) is 3.46. The lowest BCUT2D eigenvalue weighted by atomic mass is 9.98. The van der Waals surface area contributed by atoms with Crippen molar-refractivity contribution in [3.05, 3.63) is 41.7 Å². The van der Waals surface area contributed by atoms with Gasteiger partial charge < -0.3 is 10.6 Å².